The summed E-state index contributed by atoms with van der Waals surface area (Å²) < 4.78 is 1.13. The molecule has 1 aliphatic rings. The van der Waals surface area contributed by atoms with E-state index >= 15 is 0 Å². The molecule has 2 heterocycles. The number of nitrogens with one attached hydrogen (secondary N) is 1. The Morgan fingerprint density at radius 2 is 1.81 bits per heavy atom. The highest BCUT2D eigenvalue weighted by Gasteiger charge is 2.20. The highest BCUT2D eigenvalue weighted by atomic mass is 79.9. The molecule has 27 heavy (non-hydrogen) atoms. The Labute approximate surface area is 168 Å². The minimum atomic E-state index is 0.271. The fourth-order valence-electron chi connectivity index (χ4n) is 3.33. The van der Waals surface area contributed by atoms with E-state index in [0.717, 1.165) is 47.1 Å². The normalized spacial score (nSPS) is 13.6. The molecule has 0 saturated carbocycles. The lowest BCUT2D eigenvalue weighted by atomic mass is 10.00. The first-order valence-corrected chi connectivity index (χ1v) is 10.1. The summed E-state index contributed by atoms with van der Waals surface area (Å²) in [5, 5.41) is 3.42. The number of anilines is 3. The number of fused-ring (bicyclic) bond motifs is 1. The second-order valence-corrected chi connectivity index (χ2v) is 8.12. The van der Waals surface area contributed by atoms with Crippen molar-refractivity contribution in [2.45, 2.75) is 32.7 Å². The summed E-state index contributed by atoms with van der Waals surface area (Å²) in [6.07, 6.45) is 1.03. The van der Waals surface area contributed by atoms with E-state index in [1.807, 2.05) is 30.3 Å². The van der Waals surface area contributed by atoms with Gasteiger partial charge in [0.1, 0.15) is 17.5 Å². The van der Waals surface area contributed by atoms with Gasteiger partial charge in [-0.15, -0.1) is 0 Å². The fourth-order valence-corrected chi connectivity index (χ4v) is 3.74. The number of nitrogens with zero attached hydrogens (tertiary/aromatic N) is 3. The number of hydrogen-bond donors (Lipinski definition) is 1. The van der Waals surface area contributed by atoms with Crippen molar-refractivity contribution in [3.8, 4) is 0 Å². The van der Waals surface area contributed by atoms with Gasteiger partial charge in [0.15, 0.2) is 0 Å². The maximum atomic E-state index is 4.86. The number of para-hydroxylation sites is 1. The molecule has 0 unspecified atom stereocenters. The largest absolute Gasteiger partial charge is 0.352 e. The average molecular weight is 423 g/mol. The van der Waals surface area contributed by atoms with Crippen LogP contribution in [0.1, 0.15) is 36.7 Å². The summed E-state index contributed by atoms with van der Waals surface area (Å²) in [6.45, 7) is 6.10. The first kappa shape index (κ1) is 18.0. The number of hydrogen-bond acceptors (Lipinski definition) is 4. The maximum Gasteiger partial charge on any atom is 0.136 e. The van der Waals surface area contributed by atoms with E-state index in [-0.39, 0.29) is 5.92 Å². The number of halogens is 1. The van der Waals surface area contributed by atoms with Crippen LogP contribution in [-0.2, 0) is 13.0 Å². The van der Waals surface area contributed by atoms with E-state index in [0.29, 0.717) is 0 Å². The predicted octanol–water partition coefficient (Wildman–Crippen LogP) is 5.67. The number of rotatable bonds is 4. The van der Waals surface area contributed by atoms with Crippen molar-refractivity contribution in [1.82, 2.24) is 9.97 Å². The van der Waals surface area contributed by atoms with Gasteiger partial charge in [0.25, 0.3) is 0 Å². The van der Waals surface area contributed by atoms with Crippen molar-refractivity contribution < 1.29 is 0 Å². The van der Waals surface area contributed by atoms with Gasteiger partial charge in [0.2, 0.25) is 0 Å². The zero-order valence-electron chi connectivity index (χ0n) is 15.6. The third-order valence-corrected chi connectivity index (χ3v) is 5.29. The predicted molar refractivity (Wildman–Crippen MR) is 115 cm³/mol. The van der Waals surface area contributed by atoms with Crippen molar-refractivity contribution in [3.63, 3.8) is 0 Å². The zero-order chi connectivity index (χ0) is 18.8. The molecule has 4 nitrogen and oxygen atoms in total. The summed E-state index contributed by atoms with van der Waals surface area (Å²) in [7, 11) is 0. The fraction of sp³-hybridized carbons (Fsp3) is 0.273. The molecular formula is C22H23BrN4. The minimum absolute atomic E-state index is 0.271. The molecule has 5 heteroatoms. The van der Waals surface area contributed by atoms with Gasteiger partial charge in [0, 0.05) is 35.2 Å². The Kier molecular flexibility index (Phi) is 5.12. The van der Waals surface area contributed by atoms with Gasteiger partial charge in [-0.1, -0.05) is 54.0 Å². The topological polar surface area (TPSA) is 41.1 Å². The van der Waals surface area contributed by atoms with Gasteiger partial charge < -0.3 is 10.2 Å². The molecule has 0 amide bonds. The van der Waals surface area contributed by atoms with Crippen molar-refractivity contribution in [3.05, 3.63) is 76.0 Å². The van der Waals surface area contributed by atoms with E-state index in [1.165, 1.54) is 11.1 Å². The Balaban J connectivity index is 1.66. The third-order valence-electron chi connectivity index (χ3n) is 4.80. The smallest absolute Gasteiger partial charge is 0.136 e. The van der Waals surface area contributed by atoms with Crippen LogP contribution >= 0.6 is 15.9 Å². The quantitative estimate of drug-likeness (QED) is 0.587. The van der Waals surface area contributed by atoms with Crippen LogP contribution in [0.3, 0.4) is 0 Å². The molecule has 3 aromatic rings. The molecule has 0 fully saturated rings. The molecule has 2 aromatic carbocycles. The molecule has 0 atom stereocenters. The SMILES string of the molecule is CC(C)c1nc(Nc2ccccc2)cc(N2CCc3ccc(Br)cc3C2)n1. The molecule has 0 aliphatic carbocycles. The molecule has 1 N–H and O–H groups in total. The van der Waals surface area contributed by atoms with E-state index < -0.39 is 0 Å². The van der Waals surface area contributed by atoms with Gasteiger partial charge in [-0.3, -0.25) is 0 Å². The standard InChI is InChI=1S/C22H23BrN4/c1-15(2)22-25-20(24-19-6-4-3-5-7-19)13-21(26-22)27-11-10-16-8-9-18(23)12-17(16)14-27/h3-9,12-13,15H,10-11,14H2,1-2H3,(H,24,25,26). The van der Waals surface area contributed by atoms with E-state index in [1.54, 1.807) is 0 Å². The molecule has 1 aromatic heterocycles. The van der Waals surface area contributed by atoms with Crippen LogP contribution in [0.5, 0.6) is 0 Å². The highest BCUT2D eigenvalue weighted by Crippen LogP contribution is 2.28. The summed E-state index contributed by atoms with van der Waals surface area (Å²) in [5.74, 6) is 2.96. The summed E-state index contributed by atoms with van der Waals surface area (Å²) in [5.41, 5.74) is 3.82. The van der Waals surface area contributed by atoms with Crippen LogP contribution < -0.4 is 10.2 Å². The summed E-state index contributed by atoms with van der Waals surface area (Å²) in [6, 6.07) is 18.8. The second kappa shape index (κ2) is 7.69. The first-order chi connectivity index (χ1) is 13.1. The highest BCUT2D eigenvalue weighted by molar-refractivity contribution is 9.10. The number of benzene rings is 2. The molecule has 1 aliphatic heterocycles. The van der Waals surface area contributed by atoms with Crippen LogP contribution in [-0.4, -0.2) is 16.5 Å². The van der Waals surface area contributed by atoms with Crippen LogP contribution in [0.4, 0.5) is 17.3 Å². The van der Waals surface area contributed by atoms with Crippen molar-refractivity contribution >= 4 is 33.3 Å². The van der Waals surface area contributed by atoms with Gasteiger partial charge in [-0.05, 0) is 41.8 Å². The monoisotopic (exact) mass is 422 g/mol. The van der Waals surface area contributed by atoms with E-state index in [2.05, 4.69) is 64.3 Å². The average Bonchev–Trinajstić information content (AvgIpc) is 2.68. The summed E-state index contributed by atoms with van der Waals surface area (Å²) >= 11 is 3.59. The third kappa shape index (κ3) is 4.14. The Morgan fingerprint density at radius 1 is 1.00 bits per heavy atom. The Morgan fingerprint density at radius 3 is 2.59 bits per heavy atom. The molecule has 0 bridgehead atoms. The van der Waals surface area contributed by atoms with E-state index in [4.69, 9.17) is 9.97 Å². The van der Waals surface area contributed by atoms with Gasteiger partial charge in [0.05, 0.1) is 0 Å². The molecular weight excluding hydrogens is 400 g/mol. The van der Waals surface area contributed by atoms with Gasteiger partial charge >= 0.3 is 0 Å². The van der Waals surface area contributed by atoms with Crippen molar-refractivity contribution in [1.29, 1.82) is 0 Å². The molecule has 0 spiro atoms. The Bertz CT molecular complexity index is 940. The van der Waals surface area contributed by atoms with E-state index in [9.17, 15) is 0 Å². The molecule has 0 saturated heterocycles. The van der Waals surface area contributed by atoms with Crippen LogP contribution in [0.15, 0.2) is 59.1 Å². The van der Waals surface area contributed by atoms with Crippen LogP contribution in [0.2, 0.25) is 0 Å². The van der Waals surface area contributed by atoms with Crippen molar-refractivity contribution in [2.24, 2.45) is 0 Å². The maximum absolute atomic E-state index is 4.86. The van der Waals surface area contributed by atoms with Gasteiger partial charge in [-0.2, -0.15) is 0 Å². The molecule has 4 rings (SSSR count). The lowest BCUT2D eigenvalue weighted by Gasteiger charge is -2.30. The summed E-state index contributed by atoms with van der Waals surface area (Å²) in [4.78, 5) is 11.9. The van der Waals surface area contributed by atoms with Crippen LogP contribution in [0, 0.1) is 0 Å². The lowest BCUT2D eigenvalue weighted by molar-refractivity contribution is 0.703. The van der Waals surface area contributed by atoms with Crippen LogP contribution in [0.25, 0.3) is 0 Å². The molecule has 138 valence electrons. The minimum Gasteiger partial charge on any atom is -0.352 e. The first-order valence-electron chi connectivity index (χ1n) is 9.32. The van der Waals surface area contributed by atoms with Crippen molar-refractivity contribution in [2.75, 3.05) is 16.8 Å². The second-order valence-electron chi connectivity index (χ2n) is 7.20. The molecule has 0 radical (unpaired) electrons. The lowest BCUT2D eigenvalue weighted by Crippen LogP contribution is -2.31. The number of aromatic nitrogens is 2. The van der Waals surface area contributed by atoms with Gasteiger partial charge in [-0.25, -0.2) is 9.97 Å². The Hall–Kier alpha value is -2.40. The zero-order valence-corrected chi connectivity index (χ0v) is 17.2.